The predicted molar refractivity (Wildman–Crippen MR) is 131 cm³/mol. The van der Waals surface area contributed by atoms with Crippen molar-refractivity contribution < 1.29 is 14.3 Å². The summed E-state index contributed by atoms with van der Waals surface area (Å²) in [6, 6.07) is 20.1. The first-order chi connectivity index (χ1) is 16.1. The minimum absolute atomic E-state index is 0.269. The SMILES string of the molecule is CCCCN(CCCC)c1cc(C)c2c(c1)C1(OC2=O)c2ccccc2Oc2ccccc21. The number of anilines is 1. The van der Waals surface area contributed by atoms with Gasteiger partial charge in [-0.05, 0) is 49.6 Å². The molecule has 3 aromatic rings. The minimum atomic E-state index is -1.00. The molecule has 0 saturated heterocycles. The normalized spacial score (nSPS) is 14.8. The van der Waals surface area contributed by atoms with Crippen molar-refractivity contribution in [3.63, 3.8) is 0 Å². The highest BCUT2D eigenvalue weighted by molar-refractivity contribution is 5.99. The molecule has 0 bridgehead atoms. The maximum Gasteiger partial charge on any atom is 0.340 e. The fourth-order valence-corrected chi connectivity index (χ4v) is 5.17. The van der Waals surface area contributed by atoms with Crippen LogP contribution in [0.3, 0.4) is 0 Å². The van der Waals surface area contributed by atoms with Gasteiger partial charge >= 0.3 is 5.97 Å². The topological polar surface area (TPSA) is 38.8 Å². The van der Waals surface area contributed by atoms with Crippen LogP contribution in [0.4, 0.5) is 5.69 Å². The number of unbranched alkanes of at least 4 members (excludes halogenated alkanes) is 2. The molecule has 4 heteroatoms. The van der Waals surface area contributed by atoms with Gasteiger partial charge in [-0.3, -0.25) is 0 Å². The molecule has 0 saturated carbocycles. The van der Waals surface area contributed by atoms with Gasteiger partial charge in [0.05, 0.1) is 5.56 Å². The van der Waals surface area contributed by atoms with Gasteiger partial charge in [-0.1, -0.05) is 63.1 Å². The van der Waals surface area contributed by atoms with Crippen LogP contribution in [0.2, 0.25) is 0 Å². The zero-order chi connectivity index (χ0) is 23.0. The van der Waals surface area contributed by atoms with E-state index < -0.39 is 5.60 Å². The summed E-state index contributed by atoms with van der Waals surface area (Å²) in [6.07, 6.45) is 4.58. The van der Waals surface area contributed by atoms with Crippen LogP contribution in [0.25, 0.3) is 0 Å². The van der Waals surface area contributed by atoms with Crippen LogP contribution in [0.5, 0.6) is 11.5 Å². The third-order valence-corrected chi connectivity index (χ3v) is 6.83. The van der Waals surface area contributed by atoms with E-state index in [1.54, 1.807) is 0 Å². The molecule has 33 heavy (non-hydrogen) atoms. The third-order valence-electron chi connectivity index (χ3n) is 6.83. The number of fused-ring (bicyclic) bond motifs is 6. The molecule has 0 aromatic heterocycles. The Morgan fingerprint density at radius 2 is 1.39 bits per heavy atom. The van der Waals surface area contributed by atoms with E-state index in [4.69, 9.17) is 9.47 Å². The first-order valence-corrected chi connectivity index (χ1v) is 12.1. The zero-order valence-corrected chi connectivity index (χ0v) is 19.7. The molecule has 0 aliphatic carbocycles. The Bertz CT molecular complexity index is 1150. The van der Waals surface area contributed by atoms with Crippen molar-refractivity contribution in [2.75, 3.05) is 18.0 Å². The van der Waals surface area contributed by atoms with E-state index >= 15 is 0 Å². The highest BCUT2D eigenvalue weighted by Gasteiger charge is 2.54. The zero-order valence-electron chi connectivity index (χ0n) is 19.7. The molecule has 0 unspecified atom stereocenters. The van der Waals surface area contributed by atoms with E-state index in [9.17, 15) is 4.79 Å². The molecule has 0 fully saturated rings. The molecule has 0 N–H and O–H groups in total. The molecule has 170 valence electrons. The number of esters is 1. The lowest BCUT2D eigenvalue weighted by Gasteiger charge is -2.37. The number of rotatable bonds is 7. The lowest BCUT2D eigenvalue weighted by Crippen LogP contribution is -2.33. The molecule has 0 amide bonds. The van der Waals surface area contributed by atoms with Crippen LogP contribution in [0, 0.1) is 6.92 Å². The molecule has 3 aromatic carbocycles. The van der Waals surface area contributed by atoms with E-state index in [1.165, 1.54) is 0 Å². The van der Waals surface area contributed by atoms with Crippen molar-refractivity contribution in [1.82, 2.24) is 0 Å². The Kier molecular flexibility index (Phi) is 5.61. The number of nitrogens with zero attached hydrogens (tertiary/aromatic N) is 1. The van der Waals surface area contributed by atoms with Crippen molar-refractivity contribution in [2.24, 2.45) is 0 Å². The van der Waals surface area contributed by atoms with Crippen LogP contribution in [-0.2, 0) is 10.3 Å². The van der Waals surface area contributed by atoms with Crippen LogP contribution in [0.1, 0.15) is 72.1 Å². The summed E-state index contributed by atoms with van der Waals surface area (Å²) in [5.74, 6) is 1.19. The van der Waals surface area contributed by atoms with Gasteiger partial charge in [0.15, 0.2) is 5.60 Å². The number of aryl methyl sites for hydroxylation is 1. The third kappa shape index (κ3) is 3.40. The van der Waals surface area contributed by atoms with Gasteiger partial charge in [0.2, 0.25) is 0 Å². The maximum atomic E-state index is 13.3. The Morgan fingerprint density at radius 3 is 1.97 bits per heavy atom. The molecule has 5 rings (SSSR count). The van der Waals surface area contributed by atoms with E-state index in [0.29, 0.717) is 5.56 Å². The van der Waals surface area contributed by atoms with Crippen LogP contribution < -0.4 is 9.64 Å². The number of benzene rings is 3. The maximum absolute atomic E-state index is 13.3. The largest absolute Gasteiger partial charge is 0.456 e. The van der Waals surface area contributed by atoms with Crippen molar-refractivity contribution in [3.05, 3.63) is 88.5 Å². The Morgan fingerprint density at radius 1 is 0.818 bits per heavy atom. The number of hydrogen-bond donors (Lipinski definition) is 0. The fourth-order valence-electron chi connectivity index (χ4n) is 5.17. The fraction of sp³-hybridized carbons (Fsp3) is 0.345. The average Bonchev–Trinajstić information content (AvgIpc) is 3.12. The highest BCUT2D eigenvalue weighted by Crippen LogP contribution is 2.56. The standard InChI is InChI=1S/C29H31NO3/c1-4-6-16-30(17-7-5-2)21-18-20(3)27-24(19-21)29(33-28(27)31)22-12-8-10-14-25(22)32-26-15-11-9-13-23(26)29/h8-15,18-19H,4-7,16-17H2,1-3H3. The average molecular weight is 442 g/mol. The Labute approximate surface area is 196 Å². The number of hydrogen-bond acceptors (Lipinski definition) is 4. The van der Waals surface area contributed by atoms with Gasteiger partial charge in [0, 0.05) is 35.5 Å². The summed E-state index contributed by atoms with van der Waals surface area (Å²) in [6.45, 7) is 8.49. The summed E-state index contributed by atoms with van der Waals surface area (Å²) in [5, 5.41) is 0. The van der Waals surface area contributed by atoms with Crippen LogP contribution >= 0.6 is 0 Å². The van der Waals surface area contributed by atoms with Crippen molar-refractivity contribution >= 4 is 11.7 Å². The second kappa shape index (κ2) is 8.58. The summed E-state index contributed by atoms with van der Waals surface area (Å²) >= 11 is 0. The van der Waals surface area contributed by atoms with Crippen LogP contribution in [-0.4, -0.2) is 19.1 Å². The molecule has 1 spiro atoms. The van der Waals surface area contributed by atoms with E-state index in [-0.39, 0.29) is 5.97 Å². The Balaban J connectivity index is 1.74. The lowest BCUT2D eigenvalue weighted by molar-refractivity contribution is 0.0224. The number of carbonyl (C=O) groups is 1. The first-order valence-electron chi connectivity index (χ1n) is 12.1. The molecular weight excluding hydrogens is 410 g/mol. The molecule has 0 radical (unpaired) electrons. The molecule has 4 nitrogen and oxygen atoms in total. The first kappa shape index (κ1) is 21.6. The monoisotopic (exact) mass is 441 g/mol. The predicted octanol–water partition coefficient (Wildman–Crippen LogP) is 6.97. The van der Waals surface area contributed by atoms with Gasteiger partial charge in [-0.15, -0.1) is 0 Å². The summed E-state index contributed by atoms with van der Waals surface area (Å²) in [5.41, 5.74) is 4.47. The summed E-state index contributed by atoms with van der Waals surface area (Å²) in [4.78, 5) is 15.8. The second-order valence-electron chi connectivity index (χ2n) is 9.04. The molecular formula is C29H31NO3. The number of para-hydroxylation sites is 2. The highest BCUT2D eigenvalue weighted by atomic mass is 16.6. The van der Waals surface area contributed by atoms with E-state index in [1.807, 2.05) is 55.5 Å². The van der Waals surface area contributed by atoms with Gasteiger partial charge in [0.25, 0.3) is 0 Å². The van der Waals surface area contributed by atoms with E-state index in [2.05, 4.69) is 30.9 Å². The molecule has 2 heterocycles. The number of carbonyl (C=O) groups excluding carboxylic acids is 1. The van der Waals surface area contributed by atoms with Gasteiger partial charge < -0.3 is 14.4 Å². The molecule has 2 aliphatic rings. The van der Waals surface area contributed by atoms with Crippen molar-refractivity contribution in [1.29, 1.82) is 0 Å². The van der Waals surface area contributed by atoms with E-state index in [0.717, 1.165) is 78.2 Å². The molecule has 2 aliphatic heterocycles. The quantitative estimate of drug-likeness (QED) is 0.371. The Hall–Kier alpha value is -3.27. The van der Waals surface area contributed by atoms with Crippen molar-refractivity contribution in [3.8, 4) is 11.5 Å². The van der Waals surface area contributed by atoms with Gasteiger partial charge in [-0.2, -0.15) is 0 Å². The minimum Gasteiger partial charge on any atom is -0.456 e. The second-order valence-corrected chi connectivity index (χ2v) is 9.04. The van der Waals surface area contributed by atoms with Gasteiger partial charge in [-0.25, -0.2) is 4.79 Å². The van der Waals surface area contributed by atoms with Crippen LogP contribution in [0.15, 0.2) is 60.7 Å². The van der Waals surface area contributed by atoms with Gasteiger partial charge in [0.1, 0.15) is 11.5 Å². The summed E-state index contributed by atoms with van der Waals surface area (Å²) < 4.78 is 12.6. The lowest BCUT2D eigenvalue weighted by atomic mass is 9.77. The smallest absolute Gasteiger partial charge is 0.340 e. The van der Waals surface area contributed by atoms with Crippen molar-refractivity contribution in [2.45, 2.75) is 52.1 Å². The number of ether oxygens (including phenoxy) is 2. The molecule has 0 atom stereocenters. The summed E-state index contributed by atoms with van der Waals surface area (Å²) in [7, 11) is 0.